The van der Waals surface area contributed by atoms with Gasteiger partial charge in [0.15, 0.2) is 5.13 Å². The van der Waals surface area contributed by atoms with E-state index in [9.17, 15) is 22.8 Å². The van der Waals surface area contributed by atoms with Gasteiger partial charge in [0.25, 0.3) is 11.6 Å². The minimum Gasteiger partial charge on any atom is -0.343 e. The number of amides is 2. The number of halogens is 3. The molecule has 0 atom stereocenters. The summed E-state index contributed by atoms with van der Waals surface area (Å²) >= 11 is 1.38. The molecule has 34 heavy (non-hydrogen) atoms. The highest BCUT2D eigenvalue weighted by molar-refractivity contribution is 7.13. The summed E-state index contributed by atoms with van der Waals surface area (Å²) in [5, 5.41) is 8.82. The fraction of sp³-hybridized carbons (Fsp3) is 0.524. The fourth-order valence-corrected chi connectivity index (χ4v) is 4.78. The largest absolute Gasteiger partial charge is 0.453 e. The van der Waals surface area contributed by atoms with Gasteiger partial charge in [-0.25, -0.2) is 14.5 Å². The van der Waals surface area contributed by atoms with E-state index >= 15 is 0 Å². The summed E-state index contributed by atoms with van der Waals surface area (Å²) in [7, 11) is 0. The van der Waals surface area contributed by atoms with Crippen molar-refractivity contribution in [3.8, 4) is 0 Å². The molecule has 3 aromatic heterocycles. The lowest BCUT2D eigenvalue weighted by Crippen LogP contribution is -2.41. The van der Waals surface area contributed by atoms with E-state index < -0.39 is 12.0 Å². The predicted molar refractivity (Wildman–Crippen MR) is 118 cm³/mol. The molecule has 4 rings (SSSR count). The second kappa shape index (κ2) is 9.28. The Hall–Kier alpha value is -3.09. The molecule has 1 fully saturated rings. The molecule has 4 heterocycles. The Labute approximate surface area is 197 Å². The standard InChI is InChI=1S/C21H24F3N7O2S/c1-11-10-34-20(25-11)27-17(33)14-6-8-30(9-7-14)16(32)5-4-15-12(2)26-19-28-18(21(22,23)24)29-31(19)13(15)3/h10,14H,4-9H2,1-3H3,(H,25,27,33). The third kappa shape index (κ3) is 5.03. The predicted octanol–water partition coefficient (Wildman–Crippen LogP) is 3.33. The number of likely N-dealkylation sites (tertiary alicyclic amines) is 1. The highest BCUT2D eigenvalue weighted by atomic mass is 32.1. The van der Waals surface area contributed by atoms with Crippen molar-refractivity contribution >= 4 is 34.1 Å². The number of rotatable bonds is 5. The molecular weight excluding hydrogens is 471 g/mol. The van der Waals surface area contributed by atoms with Crippen molar-refractivity contribution in [2.24, 2.45) is 5.92 Å². The van der Waals surface area contributed by atoms with E-state index in [1.165, 1.54) is 11.3 Å². The lowest BCUT2D eigenvalue weighted by molar-refractivity contribution is -0.144. The summed E-state index contributed by atoms with van der Waals surface area (Å²) in [5.41, 5.74) is 2.52. The Balaban J connectivity index is 1.34. The van der Waals surface area contributed by atoms with Gasteiger partial charge in [-0.3, -0.25) is 9.59 Å². The normalized spacial score (nSPS) is 15.2. The number of carbonyl (C=O) groups is 2. The van der Waals surface area contributed by atoms with Gasteiger partial charge in [-0.1, -0.05) is 0 Å². The lowest BCUT2D eigenvalue weighted by Gasteiger charge is -2.31. The first-order valence-electron chi connectivity index (χ1n) is 10.8. The maximum atomic E-state index is 13.0. The number of thiazole rings is 1. The molecule has 2 amide bonds. The highest BCUT2D eigenvalue weighted by Crippen LogP contribution is 2.27. The summed E-state index contributed by atoms with van der Waals surface area (Å²) in [4.78, 5) is 38.8. The van der Waals surface area contributed by atoms with Crippen LogP contribution in [-0.4, -0.2) is 54.4 Å². The summed E-state index contributed by atoms with van der Waals surface area (Å²) < 4.78 is 40.0. The summed E-state index contributed by atoms with van der Waals surface area (Å²) in [6.45, 7) is 6.13. The fourth-order valence-electron chi connectivity index (χ4n) is 4.09. The average Bonchev–Trinajstić information content (AvgIpc) is 3.39. The molecule has 1 aliphatic heterocycles. The first kappa shape index (κ1) is 24.0. The zero-order valence-electron chi connectivity index (χ0n) is 18.9. The topological polar surface area (TPSA) is 105 Å². The monoisotopic (exact) mass is 495 g/mol. The van der Waals surface area contributed by atoms with E-state index in [4.69, 9.17) is 0 Å². The van der Waals surface area contributed by atoms with Crippen LogP contribution in [0.4, 0.5) is 18.3 Å². The van der Waals surface area contributed by atoms with Crippen molar-refractivity contribution in [2.75, 3.05) is 18.4 Å². The van der Waals surface area contributed by atoms with Gasteiger partial charge in [0.1, 0.15) is 0 Å². The Morgan fingerprint density at radius 1 is 1.15 bits per heavy atom. The molecule has 0 aromatic carbocycles. The van der Waals surface area contributed by atoms with Crippen molar-refractivity contribution in [3.63, 3.8) is 0 Å². The summed E-state index contributed by atoms with van der Waals surface area (Å²) in [6.07, 6.45) is -3.03. The number of hydrogen-bond acceptors (Lipinski definition) is 7. The van der Waals surface area contributed by atoms with Gasteiger partial charge in [-0.05, 0) is 45.6 Å². The molecule has 0 saturated carbocycles. The van der Waals surface area contributed by atoms with Crippen molar-refractivity contribution in [3.05, 3.63) is 33.8 Å². The molecule has 1 N–H and O–H groups in total. The van der Waals surface area contributed by atoms with E-state index in [0.717, 1.165) is 10.2 Å². The maximum Gasteiger partial charge on any atom is 0.453 e. The molecule has 0 radical (unpaired) electrons. The Morgan fingerprint density at radius 2 is 1.85 bits per heavy atom. The Kier molecular flexibility index (Phi) is 6.56. The number of fused-ring (bicyclic) bond motifs is 1. The molecule has 0 spiro atoms. The SMILES string of the molecule is Cc1csc(NC(=O)C2CCN(C(=O)CCc3c(C)nc4nc(C(F)(F)F)nn4c3C)CC2)n1. The lowest BCUT2D eigenvalue weighted by atomic mass is 9.95. The van der Waals surface area contributed by atoms with Crippen LogP contribution in [0, 0.1) is 26.7 Å². The molecule has 13 heteroatoms. The second-order valence-electron chi connectivity index (χ2n) is 8.34. The number of alkyl halides is 3. The molecule has 0 aliphatic carbocycles. The smallest absolute Gasteiger partial charge is 0.343 e. The number of aryl methyl sites for hydroxylation is 3. The van der Waals surface area contributed by atoms with Gasteiger partial charge < -0.3 is 10.2 Å². The minimum absolute atomic E-state index is 0.0668. The van der Waals surface area contributed by atoms with Gasteiger partial charge in [-0.2, -0.15) is 18.2 Å². The highest BCUT2D eigenvalue weighted by Gasteiger charge is 2.37. The number of nitrogens with one attached hydrogen (secondary N) is 1. The molecule has 0 unspecified atom stereocenters. The molecule has 9 nitrogen and oxygen atoms in total. The number of piperidine rings is 1. The van der Waals surface area contributed by atoms with Crippen molar-refractivity contribution < 1.29 is 22.8 Å². The van der Waals surface area contributed by atoms with Crippen LogP contribution in [0.15, 0.2) is 5.38 Å². The van der Waals surface area contributed by atoms with Gasteiger partial charge in [0.2, 0.25) is 11.8 Å². The average molecular weight is 496 g/mol. The summed E-state index contributed by atoms with van der Waals surface area (Å²) in [6, 6.07) is 0. The number of aromatic nitrogens is 5. The number of carbonyl (C=O) groups excluding carboxylic acids is 2. The van der Waals surface area contributed by atoms with Gasteiger partial charge in [0, 0.05) is 42.2 Å². The van der Waals surface area contributed by atoms with Crippen LogP contribution in [0.25, 0.3) is 5.78 Å². The number of hydrogen-bond donors (Lipinski definition) is 1. The Bertz CT molecular complexity index is 1230. The molecule has 1 saturated heterocycles. The molecule has 0 bridgehead atoms. The molecule has 182 valence electrons. The van der Waals surface area contributed by atoms with Crippen LogP contribution in [0.3, 0.4) is 0 Å². The van der Waals surface area contributed by atoms with E-state index in [-0.39, 0.29) is 29.9 Å². The second-order valence-corrected chi connectivity index (χ2v) is 9.20. The third-order valence-corrected chi connectivity index (χ3v) is 6.83. The van der Waals surface area contributed by atoms with Crippen LogP contribution in [-0.2, 0) is 22.2 Å². The first-order valence-corrected chi connectivity index (χ1v) is 11.7. The molecular formula is C21H24F3N7O2S. The van der Waals surface area contributed by atoms with E-state index in [0.29, 0.717) is 54.4 Å². The number of nitrogens with zero attached hydrogens (tertiary/aromatic N) is 6. The zero-order chi connectivity index (χ0) is 24.6. The van der Waals surface area contributed by atoms with E-state index in [2.05, 4.69) is 25.4 Å². The van der Waals surface area contributed by atoms with Gasteiger partial charge in [0.05, 0.1) is 5.69 Å². The van der Waals surface area contributed by atoms with Crippen LogP contribution in [0.2, 0.25) is 0 Å². The van der Waals surface area contributed by atoms with E-state index in [1.807, 2.05) is 12.3 Å². The van der Waals surface area contributed by atoms with Crippen LogP contribution in [0.1, 0.15) is 47.7 Å². The van der Waals surface area contributed by atoms with Crippen molar-refractivity contribution in [1.82, 2.24) is 29.5 Å². The molecule has 3 aromatic rings. The van der Waals surface area contributed by atoms with Crippen LogP contribution >= 0.6 is 11.3 Å². The van der Waals surface area contributed by atoms with Crippen LogP contribution < -0.4 is 5.32 Å². The minimum atomic E-state index is -4.66. The number of anilines is 1. The van der Waals surface area contributed by atoms with Crippen LogP contribution in [0.5, 0.6) is 0 Å². The zero-order valence-corrected chi connectivity index (χ0v) is 19.8. The van der Waals surface area contributed by atoms with E-state index in [1.54, 1.807) is 18.7 Å². The van der Waals surface area contributed by atoms with Gasteiger partial charge in [-0.15, -0.1) is 16.4 Å². The van der Waals surface area contributed by atoms with Gasteiger partial charge >= 0.3 is 6.18 Å². The maximum absolute atomic E-state index is 13.0. The molecule has 1 aliphatic rings. The van der Waals surface area contributed by atoms with Crippen molar-refractivity contribution in [2.45, 2.75) is 52.6 Å². The summed E-state index contributed by atoms with van der Waals surface area (Å²) in [5.74, 6) is -1.70. The first-order chi connectivity index (χ1) is 16.0. The third-order valence-electron chi connectivity index (χ3n) is 5.96. The Morgan fingerprint density at radius 3 is 2.47 bits per heavy atom. The van der Waals surface area contributed by atoms with Crippen molar-refractivity contribution in [1.29, 1.82) is 0 Å². The quantitative estimate of drug-likeness (QED) is 0.582.